The average molecular weight is 426 g/mol. The number of amides is 1. The Labute approximate surface area is 179 Å². The summed E-state index contributed by atoms with van der Waals surface area (Å²) in [7, 11) is 1.59. The molecular weight excluding hydrogens is 404 g/mol. The first kappa shape index (κ1) is 21.9. The molecule has 2 aromatic rings. The van der Waals surface area contributed by atoms with Gasteiger partial charge in [-0.25, -0.2) is 4.98 Å². The second-order valence-corrected chi connectivity index (χ2v) is 6.80. The molecule has 9 heteroatoms. The highest BCUT2D eigenvalue weighted by Gasteiger charge is 2.33. The molecule has 3 N–H and O–H groups in total. The van der Waals surface area contributed by atoms with Crippen LogP contribution in [0.5, 0.6) is 17.2 Å². The number of hydrogen-bond donors (Lipinski definition) is 3. The quantitative estimate of drug-likeness (QED) is 0.595. The van der Waals surface area contributed by atoms with Gasteiger partial charge in [0, 0.05) is 24.6 Å². The Morgan fingerprint density at radius 3 is 2.52 bits per heavy atom. The lowest BCUT2D eigenvalue weighted by Gasteiger charge is -2.33. The normalized spacial score (nSPS) is 14.6. The van der Waals surface area contributed by atoms with Crippen molar-refractivity contribution in [2.45, 2.75) is 18.4 Å². The van der Waals surface area contributed by atoms with Gasteiger partial charge < -0.3 is 29.7 Å². The Morgan fingerprint density at radius 2 is 1.90 bits per heavy atom. The number of pyridine rings is 1. The fourth-order valence-corrected chi connectivity index (χ4v) is 2.95. The number of methoxy groups -OCH3 is 1. The summed E-state index contributed by atoms with van der Waals surface area (Å²) >= 11 is 0. The number of carboxylic acids is 1. The van der Waals surface area contributed by atoms with Crippen LogP contribution in [0.25, 0.3) is 0 Å². The van der Waals surface area contributed by atoms with Gasteiger partial charge >= 0.3 is 5.97 Å². The van der Waals surface area contributed by atoms with Crippen molar-refractivity contribution in [3.8, 4) is 29.1 Å². The molecule has 1 aromatic heterocycles. The molecule has 0 saturated carbocycles. The van der Waals surface area contributed by atoms with Crippen LogP contribution in [0.1, 0.15) is 28.9 Å². The minimum atomic E-state index is -1.20. The van der Waals surface area contributed by atoms with E-state index in [-0.39, 0.29) is 5.69 Å². The van der Waals surface area contributed by atoms with E-state index in [0.29, 0.717) is 43.1 Å². The minimum absolute atomic E-state index is 0.276. The summed E-state index contributed by atoms with van der Waals surface area (Å²) in [6.45, 7) is 0.419. The number of nitrogens with zero attached hydrogens (tertiary/aromatic N) is 1. The predicted octanol–water partition coefficient (Wildman–Crippen LogP) is 1.59. The largest absolute Gasteiger partial charge is 0.505 e. The van der Waals surface area contributed by atoms with Gasteiger partial charge in [-0.15, -0.1) is 0 Å². The van der Waals surface area contributed by atoms with Crippen LogP contribution in [0.15, 0.2) is 36.5 Å². The number of carbonyl (C=O) groups is 2. The Balaban J connectivity index is 1.79. The Bertz CT molecular complexity index is 1000. The molecule has 0 radical (unpaired) electrons. The third-order valence-electron chi connectivity index (χ3n) is 4.59. The summed E-state index contributed by atoms with van der Waals surface area (Å²) in [6.07, 6.45) is 2.45. The molecule has 2 heterocycles. The molecule has 9 nitrogen and oxygen atoms in total. The van der Waals surface area contributed by atoms with Gasteiger partial charge in [-0.2, -0.15) is 0 Å². The van der Waals surface area contributed by atoms with Crippen molar-refractivity contribution < 1.29 is 34.0 Å². The maximum atomic E-state index is 11.9. The summed E-state index contributed by atoms with van der Waals surface area (Å²) in [4.78, 5) is 26.4. The number of ether oxygens (including phenoxy) is 3. The summed E-state index contributed by atoms with van der Waals surface area (Å²) < 4.78 is 16.8. The van der Waals surface area contributed by atoms with E-state index in [2.05, 4.69) is 22.1 Å². The monoisotopic (exact) mass is 426 g/mol. The van der Waals surface area contributed by atoms with Crippen molar-refractivity contribution in [2.24, 2.45) is 0 Å². The average Bonchev–Trinajstić information content (AvgIpc) is 2.77. The molecule has 1 aromatic carbocycles. The van der Waals surface area contributed by atoms with E-state index in [4.69, 9.17) is 19.3 Å². The van der Waals surface area contributed by atoms with E-state index in [0.717, 1.165) is 0 Å². The Kier molecular flexibility index (Phi) is 6.95. The number of aliphatic carboxylic acids is 1. The molecule has 1 amide bonds. The first-order valence-corrected chi connectivity index (χ1v) is 9.54. The number of rotatable bonds is 6. The van der Waals surface area contributed by atoms with E-state index >= 15 is 0 Å². The van der Waals surface area contributed by atoms with Crippen LogP contribution in [0.3, 0.4) is 0 Å². The predicted molar refractivity (Wildman–Crippen MR) is 109 cm³/mol. The van der Waals surface area contributed by atoms with Crippen LogP contribution in [0.4, 0.5) is 0 Å². The smallest absolute Gasteiger partial charge is 0.322 e. The summed E-state index contributed by atoms with van der Waals surface area (Å²) in [5, 5.41) is 20.9. The topological polar surface area (TPSA) is 127 Å². The van der Waals surface area contributed by atoms with Gasteiger partial charge in [-0.1, -0.05) is 5.92 Å². The number of carboxylic acid groups (broad SMARTS) is 1. The Morgan fingerprint density at radius 1 is 1.23 bits per heavy atom. The minimum Gasteiger partial charge on any atom is -0.505 e. The van der Waals surface area contributed by atoms with E-state index in [9.17, 15) is 14.7 Å². The molecule has 1 aliphatic heterocycles. The van der Waals surface area contributed by atoms with Crippen molar-refractivity contribution in [3.05, 3.63) is 47.8 Å². The zero-order valence-corrected chi connectivity index (χ0v) is 16.9. The van der Waals surface area contributed by atoms with Crippen molar-refractivity contribution in [2.75, 3.05) is 26.9 Å². The molecule has 162 valence electrons. The maximum Gasteiger partial charge on any atom is 0.322 e. The van der Waals surface area contributed by atoms with Gasteiger partial charge in [-0.05, 0) is 36.3 Å². The molecular formula is C22H22N2O7. The highest BCUT2D eigenvalue weighted by molar-refractivity contribution is 5.96. The molecule has 0 atom stereocenters. The molecule has 1 fully saturated rings. The molecule has 0 spiro atoms. The van der Waals surface area contributed by atoms with Crippen LogP contribution in [0.2, 0.25) is 0 Å². The van der Waals surface area contributed by atoms with E-state index in [1.54, 1.807) is 31.4 Å². The first-order valence-electron chi connectivity index (χ1n) is 9.54. The van der Waals surface area contributed by atoms with Crippen LogP contribution in [-0.2, 0) is 9.53 Å². The highest BCUT2D eigenvalue weighted by Crippen LogP contribution is 2.29. The van der Waals surface area contributed by atoms with Gasteiger partial charge in [0.1, 0.15) is 23.8 Å². The number of benzene rings is 1. The van der Waals surface area contributed by atoms with Crippen LogP contribution >= 0.6 is 0 Å². The number of nitrogens with one attached hydrogen (secondary N) is 1. The van der Waals surface area contributed by atoms with Crippen molar-refractivity contribution in [3.63, 3.8) is 0 Å². The number of carbonyl (C=O) groups excluding carboxylic acids is 1. The fraction of sp³-hybridized carbons (Fsp3) is 0.318. The zero-order chi connectivity index (χ0) is 22.3. The number of hydrogen-bond acceptors (Lipinski definition) is 7. The molecule has 0 aliphatic carbocycles. The fourth-order valence-electron chi connectivity index (χ4n) is 2.95. The molecule has 1 saturated heterocycles. The lowest BCUT2D eigenvalue weighted by atomic mass is 9.94. The van der Waals surface area contributed by atoms with Gasteiger partial charge in [-0.3, -0.25) is 9.59 Å². The van der Waals surface area contributed by atoms with Crippen molar-refractivity contribution in [1.82, 2.24) is 10.3 Å². The summed E-state index contributed by atoms with van der Waals surface area (Å²) in [5.74, 6) is 5.06. The van der Waals surface area contributed by atoms with E-state index in [1.165, 1.54) is 12.3 Å². The molecule has 0 bridgehead atoms. The summed E-state index contributed by atoms with van der Waals surface area (Å²) in [6, 6.07) is 8.50. The van der Waals surface area contributed by atoms with Crippen LogP contribution in [0, 0.1) is 11.8 Å². The standard InChI is InChI=1S/C22H22N2O7/c1-29-16-2-4-17(5-3-16)31-22(8-10-30-11-9-22)7-6-15-12-18(25)20(23-13-15)21(28)24-14-19(26)27/h2-5,12-13,25H,8-11,14H2,1H3,(H,24,28)(H,26,27). The van der Waals surface area contributed by atoms with E-state index in [1.807, 2.05) is 0 Å². The second kappa shape index (κ2) is 9.82. The zero-order valence-electron chi connectivity index (χ0n) is 16.9. The SMILES string of the molecule is COc1ccc(OC2(C#Cc3cnc(C(=O)NCC(=O)O)c(O)c3)CCOCC2)cc1. The van der Waals surface area contributed by atoms with Gasteiger partial charge in [0.15, 0.2) is 11.3 Å². The van der Waals surface area contributed by atoms with E-state index < -0.39 is 29.8 Å². The lowest BCUT2D eigenvalue weighted by molar-refractivity contribution is -0.135. The van der Waals surface area contributed by atoms with Crippen molar-refractivity contribution >= 4 is 11.9 Å². The second-order valence-electron chi connectivity index (χ2n) is 6.80. The summed E-state index contributed by atoms with van der Waals surface area (Å²) in [5.41, 5.74) is -0.668. The molecule has 1 aliphatic rings. The molecule has 0 unspecified atom stereocenters. The maximum absolute atomic E-state index is 11.9. The van der Waals surface area contributed by atoms with Gasteiger partial charge in [0.25, 0.3) is 5.91 Å². The van der Waals surface area contributed by atoms with Gasteiger partial charge in [0.2, 0.25) is 0 Å². The third-order valence-corrected chi connectivity index (χ3v) is 4.59. The lowest BCUT2D eigenvalue weighted by Crippen LogP contribution is -2.40. The first-order chi connectivity index (χ1) is 14.9. The third kappa shape index (κ3) is 5.87. The van der Waals surface area contributed by atoms with Crippen LogP contribution in [-0.4, -0.2) is 59.5 Å². The van der Waals surface area contributed by atoms with Crippen LogP contribution < -0.4 is 14.8 Å². The molecule has 3 rings (SSSR count). The highest BCUT2D eigenvalue weighted by atomic mass is 16.5. The van der Waals surface area contributed by atoms with Gasteiger partial charge in [0.05, 0.1) is 20.3 Å². The Hall–Kier alpha value is -3.77. The molecule has 31 heavy (non-hydrogen) atoms. The van der Waals surface area contributed by atoms with Crippen molar-refractivity contribution in [1.29, 1.82) is 0 Å². The number of aromatic nitrogens is 1. The number of aromatic hydroxyl groups is 1.